The fourth-order valence-electron chi connectivity index (χ4n) is 3.41. The number of anilines is 1. The zero-order chi connectivity index (χ0) is 19.6. The lowest BCUT2D eigenvalue weighted by Gasteiger charge is -2.26. The molecule has 0 heterocycles. The third-order valence-electron chi connectivity index (χ3n) is 4.58. The summed E-state index contributed by atoms with van der Waals surface area (Å²) in [5, 5.41) is 3.04. The van der Waals surface area contributed by atoms with E-state index in [4.69, 9.17) is 5.73 Å². The number of carbonyl (C=O) groups is 1. The fraction of sp³-hybridized carbons (Fsp3) is 0.350. The predicted octanol–water partition coefficient (Wildman–Crippen LogP) is 2.76. The molecule has 1 amide bonds. The van der Waals surface area contributed by atoms with Crippen LogP contribution in [0.5, 0.6) is 0 Å². The van der Waals surface area contributed by atoms with Gasteiger partial charge in [0.25, 0.3) is 5.91 Å². The van der Waals surface area contributed by atoms with Gasteiger partial charge in [0.2, 0.25) is 10.0 Å². The van der Waals surface area contributed by atoms with Gasteiger partial charge in [-0.3, -0.25) is 4.79 Å². The lowest BCUT2D eigenvalue weighted by atomic mass is 9.87. The number of hydrogen-bond donors (Lipinski definition) is 3. The third-order valence-corrected chi connectivity index (χ3v) is 6.24. The van der Waals surface area contributed by atoms with Crippen LogP contribution in [0.2, 0.25) is 0 Å². The second-order valence-electron chi connectivity index (χ2n) is 7.18. The van der Waals surface area contributed by atoms with Crippen molar-refractivity contribution in [2.75, 3.05) is 5.73 Å². The number of sulfonamides is 1. The number of aryl methyl sites for hydroxylation is 1. The smallest absolute Gasteiger partial charge is 0.251 e. The van der Waals surface area contributed by atoms with Gasteiger partial charge in [0.15, 0.2) is 0 Å². The number of nitrogens with two attached hydrogens (primary N) is 1. The van der Waals surface area contributed by atoms with E-state index in [-0.39, 0.29) is 22.9 Å². The van der Waals surface area contributed by atoms with Crippen LogP contribution >= 0.6 is 0 Å². The van der Waals surface area contributed by atoms with Gasteiger partial charge in [-0.25, -0.2) is 13.1 Å². The molecular formula is C20H25N3O3S. The monoisotopic (exact) mass is 387 g/mol. The van der Waals surface area contributed by atoms with Gasteiger partial charge < -0.3 is 11.1 Å². The molecule has 1 aliphatic carbocycles. The van der Waals surface area contributed by atoms with Crippen LogP contribution < -0.4 is 15.8 Å². The van der Waals surface area contributed by atoms with Crippen molar-refractivity contribution >= 4 is 21.6 Å². The number of carbonyl (C=O) groups excluding carboxylic acids is 1. The van der Waals surface area contributed by atoms with E-state index in [0.29, 0.717) is 5.56 Å². The number of hydrogen-bond acceptors (Lipinski definition) is 4. The average molecular weight is 388 g/mol. The fourth-order valence-corrected chi connectivity index (χ4v) is 4.71. The van der Waals surface area contributed by atoms with Crippen LogP contribution in [0.4, 0.5) is 5.69 Å². The number of nitrogens with one attached hydrogen (secondary N) is 2. The Kier molecular flexibility index (Phi) is 5.53. The average Bonchev–Trinajstić information content (AvgIpc) is 2.60. The number of nitrogen functional groups attached to an aromatic ring is 1. The van der Waals surface area contributed by atoms with Crippen LogP contribution in [-0.2, 0) is 16.4 Å². The summed E-state index contributed by atoms with van der Waals surface area (Å²) in [7, 11) is -3.65. The van der Waals surface area contributed by atoms with E-state index >= 15 is 0 Å². The molecule has 4 N–H and O–H groups in total. The molecule has 0 radical (unpaired) electrons. The zero-order valence-corrected chi connectivity index (χ0v) is 16.3. The van der Waals surface area contributed by atoms with Crippen LogP contribution in [0.3, 0.4) is 0 Å². The molecule has 6 nitrogen and oxygen atoms in total. The van der Waals surface area contributed by atoms with Crippen LogP contribution in [0.15, 0.2) is 47.4 Å². The van der Waals surface area contributed by atoms with Gasteiger partial charge in [-0.2, -0.15) is 0 Å². The van der Waals surface area contributed by atoms with Gasteiger partial charge in [-0.15, -0.1) is 0 Å². The molecule has 1 unspecified atom stereocenters. The molecule has 1 aliphatic rings. The second-order valence-corrected chi connectivity index (χ2v) is 8.89. The van der Waals surface area contributed by atoms with Gasteiger partial charge >= 0.3 is 0 Å². The Morgan fingerprint density at radius 3 is 2.70 bits per heavy atom. The van der Waals surface area contributed by atoms with E-state index in [1.54, 1.807) is 26.0 Å². The first kappa shape index (κ1) is 19.4. The van der Waals surface area contributed by atoms with Crippen LogP contribution in [0.1, 0.15) is 54.2 Å². The molecule has 2 aromatic carbocycles. The van der Waals surface area contributed by atoms with Crippen molar-refractivity contribution in [3.05, 3.63) is 59.2 Å². The first-order chi connectivity index (χ1) is 12.8. The summed E-state index contributed by atoms with van der Waals surface area (Å²) in [6.45, 7) is 3.50. The minimum atomic E-state index is -3.65. The first-order valence-electron chi connectivity index (χ1n) is 9.08. The van der Waals surface area contributed by atoms with Crippen LogP contribution in [0.25, 0.3) is 0 Å². The van der Waals surface area contributed by atoms with Crippen molar-refractivity contribution < 1.29 is 13.2 Å². The summed E-state index contributed by atoms with van der Waals surface area (Å²) in [6, 6.07) is 11.5. The number of amides is 1. The Balaban J connectivity index is 1.81. The van der Waals surface area contributed by atoms with Crippen molar-refractivity contribution in [2.24, 2.45) is 0 Å². The van der Waals surface area contributed by atoms with E-state index in [9.17, 15) is 13.2 Å². The maximum absolute atomic E-state index is 12.7. The normalized spacial score (nSPS) is 16.8. The third kappa shape index (κ3) is 4.48. The standard InChI is InChI=1S/C20H25N3O3S/c1-13(2)23-27(25,26)17-7-3-6-15(12-17)20(24)22-19-8-4-5-14-11-16(21)9-10-18(14)19/h3,6-7,9-13,19,23H,4-5,8,21H2,1-2H3,(H,22,24). The quantitative estimate of drug-likeness (QED) is 0.687. The molecule has 0 fully saturated rings. The lowest BCUT2D eigenvalue weighted by molar-refractivity contribution is 0.0932. The van der Waals surface area contributed by atoms with E-state index in [1.807, 2.05) is 18.2 Å². The van der Waals surface area contributed by atoms with Crippen LogP contribution in [0, 0.1) is 0 Å². The van der Waals surface area contributed by atoms with Crippen molar-refractivity contribution in [1.82, 2.24) is 10.0 Å². The molecule has 2 aromatic rings. The summed E-state index contributed by atoms with van der Waals surface area (Å²) in [5.41, 5.74) is 9.14. The zero-order valence-electron chi connectivity index (χ0n) is 15.5. The molecule has 0 saturated heterocycles. The van der Waals surface area contributed by atoms with Gasteiger partial charge in [0.1, 0.15) is 0 Å². The van der Waals surface area contributed by atoms with Gasteiger partial charge in [-0.05, 0) is 74.6 Å². The SMILES string of the molecule is CC(C)NS(=O)(=O)c1cccc(C(=O)NC2CCCc3cc(N)ccc32)c1. The minimum absolute atomic E-state index is 0.0840. The highest BCUT2D eigenvalue weighted by atomic mass is 32.2. The molecule has 144 valence electrons. The van der Waals surface area contributed by atoms with E-state index in [2.05, 4.69) is 10.0 Å². The van der Waals surface area contributed by atoms with Crippen molar-refractivity contribution in [2.45, 2.75) is 50.1 Å². The summed E-state index contributed by atoms with van der Waals surface area (Å²) < 4.78 is 27.2. The minimum Gasteiger partial charge on any atom is -0.399 e. The van der Waals surface area contributed by atoms with Gasteiger partial charge in [-0.1, -0.05) is 12.1 Å². The maximum Gasteiger partial charge on any atom is 0.251 e. The Morgan fingerprint density at radius 2 is 1.96 bits per heavy atom. The number of fused-ring (bicyclic) bond motifs is 1. The molecule has 0 aliphatic heterocycles. The summed E-state index contributed by atoms with van der Waals surface area (Å²) >= 11 is 0. The summed E-state index contributed by atoms with van der Waals surface area (Å²) in [6.07, 6.45) is 2.75. The molecule has 27 heavy (non-hydrogen) atoms. The number of benzene rings is 2. The topological polar surface area (TPSA) is 101 Å². The first-order valence-corrected chi connectivity index (χ1v) is 10.6. The Labute approximate surface area is 160 Å². The highest BCUT2D eigenvalue weighted by Gasteiger charge is 2.23. The molecular weight excluding hydrogens is 362 g/mol. The van der Waals surface area contributed by atoms with Gasteiger partial charge in [0.05, 0.1) is 10.9 Å². The van der Waals surface area contributed by atoms with E-state index in [0.717, 1.165) is 36.1 Å². The maximum atomic E-state index is 12.7. The molecule has 0 saturated carbocycles. The molecule has 1 atom stereocenters. The highest BCUT2D eigenvalue weighted by Crippen LogP contribution is 2.31. The lowest BCUT2D eigenvalue weighted by Crippen LogP contribution is -2.32. The highest BCUT2D eigenvalue weighted by molar-refractivity contribution is 7.89. The molecule has 0 aromatic heterocycles. The van der Waals surface area contributed by atoms with Crippen molar-refractivity contribution in [3.8, 4) is 0 Å². The summed E-state index contributed by atoms with van der Waals surface area (Å²) in [5.74, 6) is -0.286. The van der Waals surface area contributed by atoms with Crippen molar-refractivity contribution in [3.63, 3.8) is 0 Å². The molecule has 3 rings (SSSR count). The van der Waals surface area contributed by atoms with E-state index < -0.39 is 10.0 Å². The Morgan fingerprint density at radius 1 is 1.19 bits per heavy atom. The molecule has 7 heteroatoms. The Hall–Kier alpha value is -2.38. The van der Waals surface area contributed by atoms with Crippen molar-refractivity contribution in [1.29, 1.82) is 0 Å². The summed E-state index contributed by atoms with van der Waals surface area (Å²) in [4.78, 5) is 12.8. The predicted molar refractivity (Wildman–Crippen MR) is 106 cm³/mol. The van der Waals surface area contributed by atoms with Crippen LogP contribution in [-0.4, -0.2) is 20.4 Å². The number of rotatable bonds is 5. The van der Waals surface area contributed by atoms with Gasteiger partial charge in [0, 0.05) is 17.3 Å². The second kappa shape index (κ2) is 7.70. The Bertz CT molecular complexity index is 955. The van der Waals surface area contributed by atoms with E-state index in [1.165, 1.54) is 12.1 Å². The molecule has 0 bridgehead atoms. The molecule has 0 spiro atoms. The largest absolute Gasteiger partial charge is 0.399 e.